The number of benzene rings is 3. The molecule has 0 spiro atoms. The van der Waals surface area contributed by atoms with E-state index in [1.165, 1.54) is 11.1 Å². The summed E-state index contributed by atoms with van der Waals surface area (Å²) in [6.07, 6.45) is 2.84. The molecule has 0 atom stereocenters. The van der Waals surface area contributed by atoms with Crippen molar-refractivity contribution in [3.63, 3.8) is 0 Å². The van der Waals surface area contributed by atoms with Crippen LogP contribution in [0.3, 0.4) is 0 Å². The molecule has 4 heteroatoms. The number of likely N-dealkylation sites (tertiary alicyclic amines) is 1. The number of carbonyl (C=O) groups is 1. The molecule has 0 bridgehead atoms. The topological polar surface area (TPSA) is 41.6 Å². The Hall–Kier alpha value is -3.11. The van der Waals surface area contributed by atoms with Gasteiger partial charge in [-0.1, -0.05) is 60.7 Å². The van der Waals surface area contributed by atoms with Crippen LogP contribution in [0.2, 0.25) is 0 Å². The van der Waals surface area contributed by atoms with Crippen molar-refractivity contribution >= 4 is 5.91 Å². The van der Waals surface area contributed by atoms with E-state index in [1.54, 1.807) is 0 Å². The van der Waals surface area contributed by atoms with E-state index in [0.717, 1.165) is 44.6 Å². The first-order valence-electron chi connectivity index (χ1n) is 11.1. The second kappa shape index (κ2) is 10.8. The summed E-state index contributed by atoms with van der Waals surface area (Å²) in [7, 11) is 0. The van der Waals surface area contributed by atoms with Crippen molar-refractivity contribution < 1.29 is 9.53 Å². The molecule has 31 heavy (non-hydrogen) atoms. The molecule has 0 aromatic heterocycles. The Bertz CT molecular complexity index is 934. The van der Waals surface area contributed by atoms with E-state index in [0.29, 0.717) is 12.2 Å². The van der Waals surface area contributed by atoms with Gasteiger partial charge in [-0.3, -0.25) is 9.69 Å². The van der Waals surface area contributed by atoms with Crippen LogP contribution < -0.4 is 10.1 Å². The van der Waals surface area contributed by atoms with Crippen molar-refractivity contribution in [2.24, 2.45) is 0 Å². The molecule has 1 fully saturated rings. The number of nitrogens with one attached hydrogen (secondary N) is 1. The van der Waals surface area contributed by atoms with E-state index in [9.17, 15) is 4.79 Å². The summed E-state index contributed by atoms with van der Waals surface area (Å²) in [5.74, 6) is 0.791. The lowest BCUT2D eigenvalue weighted by Crippen LogP contribution is -2.44. The second-order valence-electron chi connectivity index (χ2n) is 8.12. The average Bonchev–Trinajstić information content (AvgIpc) is 2.82. The van der Waals surface area contributed by atoms with Gasteiger partial charge in [-0.05, 0) is 48.2 Å². The van der Waals surface area contributed by atoms with Crippen LogP contribution in [0.1, 0.15) is 34.3 Å². The predicted octanol–water partition coefficient (Wildman–Crippen LogP) is 4.70. The molecule has 160 valence electrons. The van der Waals surface area contributed by atoms with Crippen LogP contribution in [-0.4, -0.2) is 36.5 Å². The Balaban J connectivity index is 1.19. The molecule has 4 rings (SSSR count). The van der Waals surface area contributed by atoms with Gasteiger partial charge < -0.3 is 10.1 Å². The van der Waals surface area contributed by atoms with Gasteiger partial charge in [0.2, 0.25) is 0 Å². The van der Waals surface area contributed by atoms with Gasteiger partial charge in [0.1, 0.15) is 5.75 Å². The van der Waals surface area contributed by atoms with E-state index in [4.69, 9.17) is 4.74 Å². The van der Waals surface area contributed by atoms with Crippen LogP contribution in [0.15, 0.2) is 84.9 Å². The number of hydrogen-bond acceptors (Lipinski definition) is 3. The molecule has 3 aromatic rings. The third-order valence-corrected chi connectivity index (χ3v) is 5.79. The number of ether oxygens (including phenoxy) is 1. The van der Waals surface area contributed by atoms with Crippen molar-refractivity contribution in [2.75, 3.05) is 19.7 Å². The van der Waals surface area contributed by atoms with Crippen LogP contribution in [-0.2, 0) is 13.0 Å². The number of amides is 1. The smallest absolute Gasteiger partial charge is 0.251 e. The first-order chi connectivity index (χ1) is 15.3. The van der Waals surface area contributed by atoms with Crippen LogP contribution in [0.5, 0.6) is 5.75 Å². The normalized spacial score (nSPS) is 14.8. The first kappa shape index (κ1) is 21.1. The van der Waals surface area contributed by atoms with E-state index >= 15 is 0 Å². The lowest BCUT2D eigenvalue weighted by molar-refractivity contribution is 0.0909. The number of carbonyl (C=O) groups excluding carboxylic acids is 1. The van der Waals surface area contributed by atoms with Crippen LogP contribution >= 0.6 is 0 Å². The van der Waals surface area contributed by atoms with Gasteiger partial charge in [0, 0.05) is 37.7 Å². The van der Waals surface area contributed by atoms with Gasteiger partial charge >= 0.3 is 0 Å². The second-order valence-corrected chi connectivity index (χ2v) is 8.12. The molecule has 1 saturated heterocycles. The highest BCUT2D eigenvalue weighted by molar-refractivity contribution is 5.94. The molecule has 0 aliphatic carbocycles. The predicted molar refractivity (Wildman–Crippen MR) is 124 cm³/mol. The van der Waals surface area contributed by atoms with Gasteiger partial charge in [-0.25, -0.2) is 0 Å². The maximum Gasteiger partial charge on any atom is 0.251 e. The number of hydrogen-bond donors (Lipinski definition) is 1. The van der Waals surface area contributed by atoms with Crippen LogP contribution in [0.4, 0.5) is 0 Å². The first-order valence-corrected chi connectivity index (χ1v) is 11.1. The van der Waals surface area contributed by atoms with Crippen molar-refractivity contribution in [3.8, 4) is 5.75 Å². The monoisotopic (exact) mass is 414 g/mol. The van der Waals surface area contributed by atoms with Crippen molar-refractivity contribution in [1.82, 2.24) is 10.2 Å². The Morgan fingerprint density at radius 2 is 1.45 bits per heavy atom. The summed E-state index contributed by atoms with van der Waals surface area (Å²) < 4.78 is 5.82. The van der Waals surface area contributed by atoms with Crippen LogP contribution in [0.25, 0.3) is 0 Å². The standard InChI is InChI=1S/C27H30N2O2/c30-27(28-25-15-18-29(19-16-25)21-23-9-5-2-6-10-23)24-11-13-26(14-12-24)31-20-17-22-7-3-1-4-8-22/h1-14,25H,15-21H2,(H,28,30). The highest BCUT2D eigenvalue weighted by Gasteiger charge is 2.21. The fourth-order valence-electron chi connectivity index (χ4n) is 3.98. The number of rotatable bonds is 8. The molecule has 4 nitrogen and oxygen atoms in total. The molecule has 0 radical (unpaired) electrons. The number of nitrogens with zero attached hydrogens (tertiary/aromatic N) is 1. The minimum atomic E-state index is -0.00246. The van der Waals surface area contributed by atoms with E-state index in [1.807, 2.05) is 42.5 Å². The molecule has 1 aliphatic heterocycles. The van der Waals surface area contributed by atoms with Gasteiger partial charge in [-0.2, -0.15) is 0 Å². The van der Waals surface area contributed by atoms with Gasteiger partial charge in [0.15, 0.2) is 0 Å². The maximum atomic E-state index is 12.6. The Labute approximate surface area is 184 Å². The Morgan fingerprint density at radius 1 is 0.839 bits per heavy atom. The zero-order valence-corrected chi connectivity index (χ0v) is 17.9. The third kappa shape index (κ3) is 6.43. The molecular weight excluding hydrogens is 384 g/mol. The SMILES string of the molecule is O=C(NC1CCN(Cc2ccccc2)CC1)c1ccc(OCCc2ccccc2)cc1. The summed E-state index contributed by atoms with van der Waals surface area (Å²) in [5.41, 5.74) is 3.28. The summed E-state index contributed by atoms with van der Waals surface area (Å²) in [6, 6.07) is 28.5. The molecule has 1 N–H and O–H groups in total. The minimum absolute atomic E-state index is 0.00246. The lowest BCUT2D eigenvalue weighted by Gasteiger charge is -2.32. The zero-order valence-electron chi connectivity index (χ0n) is 17.9. The molecular formula is C27H30N2O2. The van der Waals surface area contributed by atoms with Crippen LogP contribution in [0, 0.1) is 0 Å². The van der Waals surface area contributed by atoms with Crippen molar-refractivity contribution in [2.45, 2.75) is 31.8 Å². The Kier molecular flexibility index (Phi) is 7.35. The quantitative estimate of drug-likeness (QED) is 0.581. The fourth-order valence-corrected chi connectivity index (χ4v) is 3.98. The summed E-state index contributed by atoms with van der Waals surface area (Å²) in [6.45, 7) is 3.62. The third-order valence-electron chi connectivity index (χ3n) is 5.79. The van der Waals surface area contributed by atoms with E-state index in [2.05, 4.69) is 52.7 Å². The largest absolute Gasteiger partial charge is 0.493 e. The lowest BCUT2D eigenvalue weighted by atomic mass is 10.0. The fraction of sp³-hybridized carbons (Fsp3) is 0.296. The van der Waals surface area contributed by atoms with E-state index < -0.39 is 0 Å². The summed E-state index contributed by atoms with van der Waals surface area (Å²) in [5, 5.41) is 3.20. The molecule has 0 unspecified atom stereocenters. The molecule has 3 aromatic carbocycles. The molecule has 0 saturated carbocycles. The Morgan fingerprint density at radius 3 is 2.10 bits per heavy atom. The molecule has 1 heterocycles. The van der Waals surface area contributed by atoms with E-state index in [-0.39, 0.29) is 11.9 Å². The van der Waals surface area contributed by atoms with Gasteiger partial charge in [0.05, 0.1) is 6.61 Å². The summed E-state index contributed by atoms with van der Waals surface area (Å²) >= 11 is 0. The van der Waals surface area contributed by atoms with Gasteiger partial charge in [-0.15, -0.1) is 0 Å². The van der Waals surface area contributed by atoms with Gasteiger partial charge in [0.25, 0.3) is 5.91 Å². The molecule has 1 amide bonds. The maximum absolute atomic E-state index is 12.6. The highest BCUT2D eigenvalue weighted by Crippen LogP contribution is 2.16. The zero-order chi connectivity index (χ0) is 21.3. The average molecular weight is 415 g/mol. The highest BCUT2D eigenvalue weighted by atomic mass is 16.5. The summed E-state index contributed by atoms with van der Waals surface area (Å²) in [4.78, 5) is 15.1. The minimum Gasteiger partial charge on any atom is -0.493 e. The van der Waals surface area contributed by atoms with Crippen molar-refractivity contribution in [3.05, 3.63) is 102 Å². The molecule has 1 aliphatic rings. The van der Waals surface area contributed by atoms with Crippen molar-refractivity contribution in [1.29, 1.82) is 0 Å². The number of piperidine rings is 1.